The van der Waals surface area contributed by atoms with Crippen LogP contribution in [-0.4, -0.2) is 22.9 Å². The lowest BCUT2D eigenvalue weighted by Crippen LogP contribution is -2.07. The van der Waals surface area contributed by atoms with E-state index in [4.69, 9.17) is 10.5 Å². The number of nitrogens with two attached hydrogens (primary N) is 1. The lowest BCUT2D eigenvalue weighted by Gasteiger charge is -2.11. The highest BCUT2D eigenvalue weighted by atomic mass is 16.5. The summed E-state index contributed by atoms with van der Waals surface area (Å²) in [5, 5.41) is 5.54. The first-order chi connectivity index (χ1) is 9.58. The Balaban J connectivity index is 2.30. The van der Waals surface area contributed by atoms with Crippen molar-refractivity contribution in [1.82, 2.24) is 9.97 Å². The highest BCUT2D eigenvalue weighted by Gasteiger charge is 2.08. The van der Waals surface area contributed by atoms with E-state index in [0.717, 1.165) is 0 Å². The van der Waals surface area contributed by atoms with Crippen molar-refractivity contribution in [2.24, 2.45) is 0 Å². The first-order valence-corrected chi connectivity index (χ1v) is 5.95. The predicted octanol–water partition coefficient (Wildman–Crippen LogP) is 1.85. The average molecular weight is 273 g/mol. The molecule has 4 N–H and O–H groups in total. The summed E-state index contributed by atoms with van der Waals surface area (Å²) >= 11 is 0. The molecular weight excluding hydrogens is 258 g/mol. The zero-order valence-electron chi connectivity index (χ0n) is 11.2. The Labute approximate surface area is 116 Å². The molecule has 1 aromatic carbocycles. The molecule has 1 amide bonds. The standard InChI is InChI=1S/C13H15N5O2/c1-8(19)16-9-5-3-4-6-10(9)20-12-7-11(15-2)17-13(14)18-12/h3-7H,1-2H3,(H,16,19)(H3,14,15,17,18). The second-order valence-corrected chi connectivity index (χ2v) is 3.98. The number of amides is 1. The number of rotatable bonds is 4. The van der Waals surface area contributed by atoms with Crippen LogP contribution in [0.1, 0.15) is 6.92 Å². The molecule has 7 heteroatoms. The number of benzene rings is 1. The normalized spacial score (nSPS) is 9.90. The Morgan fingerprint density at radius 1 is 1.30 bits per heavy atom. The molecule has 0 saturated carbocycles. The summed E-state index contributed by atoms with van der Waals surface area (Å²) in [6.45, 7) is 1.43. The van der Waals surface area contributed by atoms with Crippen LogP contribution < -0.4 is 21.1 Å². The van der Waals surface area contributed by atoms with Gasteiger partial charge in [0.05, 0.1) is 5.69 Å². The molecule has 0 bridgehead atoms. The van der Waals surface area contributed by atoms with Gasteiger partial charge in [0.15, 0.2) is 5.75 Å². The Morgan fingerprint density at radius 3 is 2.75 bits per heavy atom. The van der Waals surface area contributed by atoms with Gasteiger partial charge in [0, 0.05) is 20.0 Å². The quantitative estimate of drug-likeness (QED) is 0.785. The Hall–Kier alpha value is -2.83. The molecule has 2 rings (SSSR count). The van der Waals surface area contributed by atoms with E-state index in [9.17, 15) is 4.79 Å². The second kappa shape index (κ2) is 5.87. The van der Waals surface area contributed by atoms with Crippen LogP contribution >= 0.6 is 0 Å². The maximum Gasteiger partial charge on any atom is 0.226 e. The lowest BCUT2D eigenvalue weighted by atomic mass is 10.3. The van der Waals surface area contributed by atoms with Gasteiger partial charge in [0.2, 0.25) is 17.7 Å². The van der Waals surface area contributed by atoms with Crippen LogP contribution in [0.5, 0.6) is 11.6 Å². The average Bonchev–Trinajstić information content (AvgIpc) is 2.39. The number of ether oxygens (including phenoxy) is 1. The van der Waals surface area contributed by atoms with E-state index >= 15 is 0 Å². The number of nitrogens with zero attached hydrogens (tertiary/aromatic N) is 2. The third kappa shape index (κ3) is 3.35. The van der Waals surface area contributed by atoms with Gasteiger partial charge in [-0.15, -0.1) is 0 Å². The van der Waals surface area contributed by atoms with E-state index in [1.807, 2.05) is 0 Å². The van der Waals surface area contributed by atoms with Crippen molar-refractivity contribution < 1.29 is 9.53 Å². The lowest BCUT2D eigenvalue weighted by molar-refractivity contribution is -0.114. The van der Waals surface area contributed by atoms with Crippen LogP contribution in [0.2, 0.25) is 0 Å². The molecular formula is C13H15N5O2. The minimum absolute atomic E-state index is 0.101. The molecule has 104 valence electrons. The van der Waals surface area contributed by atoms with E-state index < -0.39 is 0 Å². The van der Waals surface area contributed by atoms with Gasteiger partial charge < -0.3 is 21.1 Å². The number of anilines is 3. The molecule has 7 nitrogen and oxygen atoms in total. The minimum Gasteiger partial charge on any atom is -0.437 e. The minimum atomic E-state index is -0.181. The maximum absolute atomic E-state index is 11.2. The van der Waals surface area contributed by atoms with Crippen molar-refractivity contribution in [2.75, 3.05) is 23.4 Å². The van der Waals surface area contributed by atoms with Gasteiger partial charge in [-0.05, 0) is 12.1 Å². The molecule has 0 aliphatic heterocycles. The van der Waals surface area contributed by atoms with Crippen LogP contribution in [0, 0.1) is 0 Å². The van der Waals surface area contributed by atoms with E-state index in [2.05, 4.69) is 20.6 Å². The van der Waals surface area contributed by atoms with E-state index in [0.29, 0.717) is 23.1 Å². The molecule has 0 radical (unpaired) electrons. The van der Waals surface area contributed by atoms with Gasteiger partial charge in [-0.1, -0.05) is 12.1 Å². The fourth-order valence-electron chi connectivity index (χ4n) is 1.58. The first-order valence-electron chi connectivity index (χ1n) is 5.95. The molecule has 0 fully saturated rings. The van der Waals surface area contributed by atoms with Crippen molar-refractivity contribution in [3.8, 4) is 11.6 Å². The SMILES string of the molecule is CNc1cc(Oc2ccccc2NC(C)=O)nc(N)n1. The Morgan fingerprint density at radius 2 is 2.05 bits per heavy atom. The molecule has 20 heavy (non-hydrogen) atoms. The number of hydrogen-bond donors (Lipinski definition) is 3. The number of nitrogens with one attached hydrogen (secondary N) is 2. The summed E-state index contributed by atoms with van der Waals surface area (Å²) in [5.74, 6) is 1.23. The molecule has 0 aliphatic rings. The van der Waals surface area contributed by atoms with Crippen molar-refractivity contribution in [2.45, 2.75) is 6.92 Å². The van der Waals surface area contributed by atoms with Gasteiger partial charge in [0.1, 0.15) is 5.82 Å². The zero-order valence-corrected chi connectivity index (χ0v) is 11.2. The number of carbonyl (C=O) groups excluding carboxylic acids is 1. The van der Waals surface area contributed by atoms with Crippen molar-refractivity contribution >= 4 is 23.4 Å². The van der Waals surface area contributed by atoms with E-state index in [-0.39, 0.29) is 11.9 Å². The van der Waals surface area contributed by atoms with Gasteiger partial charge in [-0.3, -0.25) is 4.79 Å². The largest absolute Gasteiger partial charge is 0.437 e. The van der Waals surface area contributed by atoms with Crippen LogP contribution in [0.3, 0.4) is 0 Å². The highest BCUT2D eigenvalue weighted by molar-refractivity contribution is 5.90. The summed E-state index contributed by atoms with van der Waals surface area (Å²) in [6.07, 6.45) is 0. The fourth-order valence-corrected chi connectivity index (χ4v) is 1.58. The van der Waals surface area contributed by atoms with Crippen LogP contribution in [0.4, 0.5) is 17.5 Å². The number of nitrogen functional groups attached to an aromatic ring is 1. The zero-order chi connectivity index (χ0) is 14.5. The van der Waals surface area contributed by atoms with Crippen molar-refractivity contribution in [1.29, 1.82) is 0 Å². The van der Waals surface area contributed by atoms with Crippen LogP contribution in [0.25, 0.3) is 0 Å². The number of aromatic nitrogens is 2. The maximum atomic E-state index is 11.2. The van der Waals surface area contributed by atoms with Crippen molar-refractivity contribution in [3.05, 3.63) is 30.3 Å². The molecule has 0 unspecified atom stereocenters. The summed E-state index contributed by atoms with van der Waals surface area (Å²) in [7, 11) is 1.72. The summed E-state index contributed by atoms with van der Waals surface area (Å²) in [5.41, 5.74) is 6.15. The molecule has 1 heterocycles. The van der Waals surface area contributed by atoms with Gasteiger partial charge in [0.25, 0.3) is 0 Å². The van der Waals surface area contributed by atoms with Crippen LogP contribution in [0.15, 0.2) is 30.3 Å². The smallest absolute Gasteiger partial charge is 0.226 e. The Kier molecular flexibility index (Phi) is 3.99. The fraction of sp³-hybridized carbons (Fsp3) is 0.154. The number of para-hydroxylation sites is 2. The third-order valence-corrected chi connectivity index (χ3v) is 2.39. The highest BCUT2D eigenvalue weighted by Crippen LogP contribution is 2.29. The summed E-state index contributed by atoms with van der Waals surface area (Å²) < 4.78 is 5.65. The third-order valence-electron chi connectivity index (χ3n) is 2.39. The van der Waals surface area contributed by atoms with Gasteiger partial charge >= 0.3 is 0 Å². The van der Waals surface area contributed by atoms with Crippen molar-refractivity contribution in [3.63, 3.8) is 0 Å². The molecule has 0 saturated heterocycles. The van der Waals surface area contributed by atoms with E-state index in [1.165, 1.54) is 6.92 Å². The Bertz CT molecular complexity index is 630. The molecule has 0 spiro atoms. The predicted molar refractivity (Wildman–Crippen MR) is 76.8 cm³/mol. The van der Waals surface area contributed by atoms with Gasteiger partial charge in [-0.25, -0.2) is 0 Å². The number of carbonyl (C=O) groups is 1. The number of hydrogen-bond acceptors (Lipinski definition) is 6. The summed E-state index contributed by atoms with van der Waals surface area (Å²) in [6, 6.07) is 8.67. The molecule has 0 atom stereocenters. The summed E-state index contributed by atoms with van der Waals surface area (Å²) in [4.78, 5) is 19.1. The van der Waals surface area contributed by atoms with Crippen LogP contribution in [-0.2, 0) is 4.79 Å². The second-order valence-electron chi connectivity index (χ2n) is 3.98. The first kappa shape index (κ1) is 13.6. The van der Waals surface area contributed by atoms with Gasteiger partial charge in [-0.2, -0.15) is 9.97 Å². The van der Waals surface area contributed by atoms with E-state index in [1.54, 1.807) is 37.4 Å². The molecule has 1 aromatic heterocycles. The molecule has 0 aliphatic carbocycles. The monoisotopic (exact) mass is 273 g/mol. The molecule has 2 aromatic rings. The topological polar surface area (TPSA) is 102 Å².